The van der Waals surface area contributed by atoms with Crippen molar-refractivity contribution in [2.75, 3.05) is 0 Å². The van der Waals surface area contributed by atoms with Crippen LogP contribution in [0.4, 0.5) is 13.2 Å². The molecule has 0 bridgehead atoms. The number of hydrogen-bond acceptors (Lipinski definition) is 4. The van der Waals surface area contributed by atoms with Crippen molar-refractivity contribution in [2.45, 2.75) is 25.6 Å². The minimum Gasteiger partial charge on any atom is -0.449 e. The lowest BCUT2D eigenvalue weighted by Crippen LogP contribution is -2.36. The van der Waals surface area contributed by atoms with Crippen molar-refractivity contribution in [3.05, 3.63) is 75.5 Å². The molecular formula is C20H14Cl2F3NO3. The first-order chi connectivity index (χ1) is 13.7. The van der Waals surface area contributed by atoms with E-state index < -0.39 is 24.7 Å². The second-order valence-electron chi connectivity index (χ2n) is 6.18. The van der Waals surface area contributed by atoms with Gasteiger partial charge in [-0.25, -0.2) is 4.79 Å². The van der Waals surface area contributed by atoms with E-state index in [-0.39, 0.29) is 32.6 Å². The number of aromatic nitrogens is 1. The van der Waals surface area contributed by atoms with Crippen LogP contribution in [0, 0.1) is 6.92 Å². The van der Waals surface area contributed by atoms with E-state index in [1.807, 2.05) is 0 Å². The van der Waals surface area contributed by atoms with Crippen LogP contribution in [0.25, 0.3) is 11.3 Å². The average molecular weight is 444 g/mol. The summed E-state index contributed by atoms with van der Waals surface area (Å²) in [6.07, 6.45) is -7.64. The van der Waals surface area contributed by atoms with Gasteiger partial charge in [0.1, 0.15) is 17.0 Å². The van der Waals surface area contributed by atoms with Crippen molar-refractivity contribution >= 4 is 29.2 Å². The van der Waals surface area contributed by atoms with Crippen LogP contribution in [-0.2, 0) is 11.2 Å². The Bertz CT molecular complexity index is 999. The fraction of sp³-hybridized carbons (Fsp3) is 0.200. The maximum Gasteiger partial charge on any atom is 0.425 e. The number of rotatable bonds is 5. The average Bonchev–Trinajstić information content (AvgIpc) is 3.02. The molecule has 1 aromatic heterocycles. The molecule has 0 amide bonds. The highest BCUT2D eigenvalue weighted by molar-refractivity contribution is 6.39. The highest BCUT2D eigenvalue weighted by Gasteiger charge is 2.43. The van der Waals surface area contributed by atoms with E-state index in [2.05, 4.69) is 5.16 Å². The Balaban J connectivity index is 1.95. The fourth-order valence-corrected chi connectivity index (χ4v) is 3.32. The van der Waals surface area contributed by atoms with Crippen LogP contribution >= 0.6 is 23.2 Å². The molecule has 3 aromatic rings. The molecule has 0 saturated heterocycles. The van der Waals surface area contributed by atoms with Gasteiger partial charge in [-0.15, -0.1) is 0 Å². The Kier molecular flexibility index (Phi) is 6.19. The molecular weight excluding hydrogens is 430 g/mol. The highest BCUT2D eigenvalue weighted by Crippen LogP contribution is 2.37. The molecule has 0 fully saturated rings. The van der Waals surface area contributed by atoms with Crippen LogP contribution in [-0.4, -0.2) is 23.4 Å². The topological polar surface area (TPSA) is 52.3 Å². The van der Waals surface area contributed by atoms with Gasteiger partial charge in [-0.05, 0) is 24.6 Å². The normalized spacial score (nSPS) is 12.6. The minimum atomic E-state index is -4.77. The number of benzene rings is 2. The van der Waals surface area contributed by atoms with Gasteiger partial charge in [0.2, 0.25) is 6.10 Å². The van der Waals surface area contributed by atoms with Gasteiger partial charge in [0.25, 0.3) is 0 Å². The number of hydrogen-bond donors (Lipinski definition) is 0. The third kappa shape index (κ3) is 4.74. The molecule has 0 saturated carbocycles. The molecule has 0 aliphatic carbocycles. The summed E-state index contributed by atoms with van der Waals surface area (Å²) in [5.74, 6) is -1.24. The van der Waals surface area contributed by atoms with Crippen LogP contribution in [0.3, 0.4) is 0 Å². The van der Waals surface area contributed by atoms with Gasteiger partial charge in [-0.1, -0.05) is 64.8 Å². The van der Waals surface area contributed by atoms with Gasteiger partial charge in [-0.3, -0.25) is 0 Å². The van der Waals surface area contributed by atoms with Gasteiger partial charge in [0, 0.05) is 12.0 Å². The monoisotopic (exact) mass is 443 g/mol. The summed E-state index contributed by atoms with van der Waals surface area (Å²) in [5.41, 5.74) is 0.205. The third-order valence-corrected chi connectivity index (χ3v) is 4.77. The van der Waals surface area contributed by atoms with Gasteiger partial charge in [0.05, 0.1) is 10.0 Å². The predicted molar refractivity (Wildman–Crippen MR) is 102 cm³/mol. The van der Waals surface area contributed by atoms with E-state index in [1.165, 1.54) is 31.2 Å². The van der Waals surface area contributed by atoms with Gasteiger partial charge < -0.3 is 9.26 Å². The number of ether oxygens (including phenoxy) is 1. The summed E-state index contributed by atoms with van der Waals surface area (Å²) >= 11 is 12.3. The number of alkyl halides is 3. The first-order valence-corrected chi connectivity index (χ1v) is 9.16. The summed E-state index contributed by atoms with van der Waals surface area (Å²) in [6.45, 7) is 1.39. The maximum atomic E-state index is 13.5. The second-order valence-corrected chi connectivity index (χ2v) is 7.00. The predicted octanol–water partition coefficient (Wildman–Crippen LogP) is 6.29. The van der Waals surface area contributed by atoms with E-state index in [0.717, 1.165) is 0 Å². The Hall–Kier alpha value is -2.51. The van der Waals surface area contributed by atoms with E-state index in [9.17, 15) is 18.0 Å². The highest BCUT2D eigenvalue weighted by atomic mass is 35.5. The number of halogens is 5. The summed E-state index contributed by atoms with van der Waals surface area (Å²) in [5, 5.41) is 4.08. The van der Waals surface area contributed by atoms with Crippen LogP contribution in [0.1, 0.15) is 21.7 Å². The second kappa shape index (κ2) is 8.47. The zero-order chi connectivity index (χ0) is 21.2. The lowest BCUT2D eigenvalue weighted by atomic mass is 10.1. The third-order valence-electron chi connectivity index (χ3n) is 4.14. The number of esters is 1. The maximum absolute atomic E-state index is 13.5. The van der Waals surface area contributed by atoms with Crippen LogP contribution in [0.15, 0.2) is 53.1 Å². The van der Waals surface area contributed by atoms with Crippen molar-refractivity contribution in [1.29, 1.82) is 0 Å². The number of aryl methyl sites for hydroxylation is 1. The Morgan fingerprint density at radius 1 is 1.10 bits per heavy atom. The van der Waals surface area contributed by atoms with Crippen LogP contribution in [0.5, 0.6) is 0 Å². The molecule has 29 heavy (non-hydrogen) atoms. The molecule has 0 radical (unpaired) electrons. The zero-order valence-corrected chi connectivity index (χ0v) is 16.5. The van der Waals surface area contributed by atoms with Crippen LogP contribution in [0.2, 0.25) is 10.0 Å². The molecule has 3 rings (SSSR count). The van der Waals surface area contributed by atoms with Crippen molar-refractivity contribution in [1.82, 2.24) is 5.16 Å². The minimum absolute atomic E-state index is 0.0124. The van der Waals surface area contributed by atoms with Crippen molar-refractivity contribution < 1.29 is 27.2 Å². The summed E-state index contributed by atoms with van der Waals surface area (Å²) in [7, 11) is 0. The molecule has 9 heteroatoms. The quantitative estimate of drug-likeness (QED) is 0.435. The lowest BCUT2D eigenvalue weighted by Gasteiger charge is -2.21. The fourth-order valence-electron chi connectivity index (χ4n) is 2.75. The van der Waals surface area contributed by atoms with Gasteiger partial charge in [0.15, 0.2) is 0 Å². The number of carbonyl (C=O) groups excluding carboxylic acids is 1. The molecule has 2 aromatic carbocycles. The van der Waals surface area contributed by atoms with Gasteiger partial charge >= 0.3 is 12.1 Å². The summed E-state index contributed by atoms with van der Waals surface area (Å²) < 4.78 is 50.4. The molecule has 1 atom stereocenters. The summed E-state index contributed by atoms with van der Waals surface area (Å²) in [4.78, 5) is 12.7. The number of carbonyl (C=O) groups is 1. The first-order valence-electron chi connectivity index (χ1n) is 8.40. The van der Waals surface area contributed by atoms with E-state index in [1.54, 1.807) is 24.3 Å². The van der Waals surface area contributed by atoms with E-state index in [4.69, 9.17) is 32.5 Å². The zero-order valence-electron chi connectivity index (χ0n) is 15.0. The largest absolute Gasteiger partial charge is 0.449 e. The lowest BCUT2D eigenvalue weighted by molar-refractivity contribution is -0.203. The molecule has 0 spiro atoms. The Morgan fingerprint density at radius 3 is 2.31 bits per heavy atom. The van der Waals surface area contributed by atoms with Crippen molar-refractivity contribution in [3.63, 3.8) is 0 Å². The molecule has 4 nitrogen and oxygen atoms in total. The summed E-state index contributed by atoms with van der Waals surface area (Å²) in [6, 6.07) is 12.5. The van der Waals surface area contributed by atoms with E-state index in [0.29, 0.717) is 5.56 Å². The molecule has 0 N–H and O–H groups in total. The number of nitrogens with zero attached hydrogens (tertiary/aromatic N) is 1. The van der Waals surface area contributed by atoms with Crippen LogP contribution < -0.4 is 0 Å². The van der Waals surface area contributed by atoms with Crippen molar-refractivity contribution in [3.8, 4) is 11.3 Å². The Labute approximate surface area is 174 Å². The molecule has 0 aliphatic rings. The van der Waals surface area contributed by atoms with Crippen molar-refractivity contribution in [2.24, 2.45) is 0 Å². The SMILES string of the molecule is Cc1onc(-c2c(Cl)cccc2Cl)c1C(=O)O[C@H](Cc1ccccc1)C(F)(F)F. The first kappa shape index (κ1) is 21.2. The molecule has 1 heterocycles. The van der Waals surface area contributed by atoms with Gasteiger partial charge in [-0.2, -0.15) is 13.2 Å². The molecule has 0 unspecified atom stereocenters. The smallest absolute Gasteiger partial charge is 0.425 e. The Morgan fingerprint density at radius 2 is 1.72 bits per heavy atom. The molecule has 0 aliphatic heterocycles. The standard InChI is InChI=1S/C20H14Cl2F3NO3/c1-11-16(18(26-29-11)17-13(21)8-5-9-14(17)22)19(27)28-15(20(23,24)25)10-12-6-3-2-4-7-12/h2-9,15H,10H2,1H3/t15-/m1/s1. The van der Waals surface area contributed by atoms with E-state index >= 15 is 0 Å². The molecule has 152 valence electrons.